The zero-order valence-electron chi connectivity index (χ0n) is 14.7. The predicted octanol–water partition coefficient (Wildman–Crippen LogP) is 4.01. The summed E-state index contributed by atoms with van der Waals surface area (Å²) in [7, 11) is 1.59. The third-order valence-corrected chi connectivity index (χ3v) is 4.38. The summed E-state index contributed by atoms with van der Waals surface area (Å²) >= 11 is 0. The van der Waals surface area contributed by atoms with Crippen LogP contribution in [-0.4, -0.2) is 42.2 Å². The number of ether oxygens (including phenoxy) is 2. The summed E-state index contributed by atoms with van der Waals surface area (Å²) in [6.45, 7) is -0.805. The quantitative estimate of drug-likeness (QED) is 0.787. The average molecular weight is 380 g/mol. The highest BCUT2D eigenvalue weighted by Gasteiger charge is 2.31. The maximum absolute atomic E-state index is 12.8. The van der Waals surface area contributed by atoms with Gasteiger partial charge in [-0.2, -0.15) is 13.2 Å². The number of nitrogens with zero attached hydrogens (tertiary/aromatic N) is 2. The van der Waals surface area contributed by atoms with Crippen molar-refractivity contribution in [2.45, 2.75) is 25.1 Å². The molecule has 1 aromatic heterocycles. The first-order chi connectivity index (χ1) is 12.9. The van der Waals surface area contributed by atoms with E-state index >= 15 is 0 Å². The number of likely N-dealkylation sites (tertiary alicyclic amines) is 1. The van der Waals surface area contributed by atoms with Crippen LogP contribution in [0.5, 0.6) is 11.6 Å². The fourth-order valence-corrected chi connectivity index (χ4v) is 3.10. The number of carbonyl (C=O) groups is 1. The molecule has 0 aliphatic carbocycles. The lowest BCUT2D eigenvalue weighted by atomic mass is 10.0. The average Bonchev–Trinajstić information content (AvgIpc) is 3.15. The molecule has 2 heterocycles. The lowest BCUT2D eigenvalue weighted by Crippen LogP contribution is -2.30. The second kappa shape index (κ2) is 7.85. The Morgan fingerprint density at radius 2 is 1.96 bits per heavy atom. The van der Waals surface area contributed by atoms with Crippen LogP contribution in [0.3, 0.4) is 0 Å². The number of hydrogen-bond acceptors (Lipinski definition) is 4. The Labute approximate surface area is 154 Å². The Morgan fingerprint density at radius 1 is 1.22 bits per heavy atom. The van der Waals surface area contributed by atoms with E-state index in [0.717, 1.165) is 24.2 Å². The van der Waals surface area contributed by atoms with Crippen LogP contribution in [0.2, 0.25) is 0 Å². The predicted molar refractivity (Wildman–Crippen MR) is 91.8 cm³/mol. The van der Waals surface area contributed by atoms with E-state index in [1.165, 1.54) is 18.3 Å². The highest BCUT2D eigenvalue weighted by Crippen LogP contribution is 2.34. The van der Waals surface area contributed by atoms with Gasteiger partial charge in [-0.05, 0) is 36.6 Å². The molecule has 0 spiro atoms. The molecule has 1 aromatic carbocycles. The number of methoxy groups -OCH3 is 1. The zero-order chi connectivity index (χ0) is 19.4. The van der Waals surface area contributed by atoms with Gasteiger partial charge in [0.15, 0.2) is 6.61 Å². The monoisotopic (exact) mass is 380 g/mol. The summed E-state index contributed by atoms with van der Waals surface area (Å²) < 4.78 is 46.3. The van der Waals surface area contributed by atoms with E-state index in [-0.39, 0.29) is 17.8 Å². The second-order valence-electron chi connectivity index (χ2n) is 6.22. The van der Waals surface area contributed by atoms with E-state index in [4.69, 9.17) is 4.74 Å². The Bertz CT molecular complexity index is 776. The molecule has 1 aliphatic heterocycles. The topological polar surface area (TPSA) is 51.7 Å². The third kappa shape index (κ3) is 4.69. The molecule has 1 saturated heterocycles. The number of benzene rings is 1. The molecule has 1 fully saturated rings. The van der Waals surface area contributed by atoms with Gasteiger partial charge in [-0.25, -0.2) is 4.98 Å². The van der Waals surface area contributed by atoms with E-state index in [9.17, 15) is 18.0 Å². The molecule has 1 aliphatic rings. The minimum absolute atomic E-state index is 0.0513. The molecule has 0 N–H and O–H groups in total. The number of alkyl halides is 3. The summed E-state index contributed by atoms with van der Waals surface area (Å²) in [6.07, 6.45) is -1.46. The molecule has 144 valence electrons. The van der Waals surface area contributed by atoms with Crippen molar-refractivity contribution in [1.29, 1.82) is 0 Å². The minimum Gasteiger partial charge on any atom is -0.497 e. The molecule has 1 atom stereocenters. The van der Waals surface area contributed by atoms with Crippen molar-refractivity contribution in [3.63, 3.8) is 0 Å². The maximum Gasteiger partial charge on any atom is 0.422 e. The van der Waals surface area contributed by atoms with Gasteiger partial charge in [-0.1, -0.05) is 12.1 Å². The number of hydrogen-bond donors (Lipinski definition) is 0. The van der Waals surface area contributed by atoms with Gasteiger partial charge >= 0.3 is 6.18 Å². The van der Waals surface area contributed by atoms with Gasteiger partial charge in [0.25, 0.3) is 5.91 Å². The number of amides is 1. The van der Waals surface area contributed by atoms with Crippen LogP contribution >= 0.6 is 0 Å². The van der Waals surface area contributed by atoms with E-state index < -0.39 is 12.8 Å². The van der Waals surface area contributed by atoms with E-state index in [0.29, 0.717) is 12.1 Å². The third-order valence-electron chi connectivity index (χ3n) is 4.38. The summed E-state index contributed by atoms with van der Waals surface area (Å²) in [5, 5.41) is 0. The molecule has 0 radical (unpaired) electrons. The molecule has 0 saturated carbocycles. The number of pyridine rings is 1. The largest absolute Gasteiger partial charge is 0.497 e. The van der Waals surface area contributed by atoms with Crippen molar-refractivity contribution in [2.75, 3.05) is 20.3 Å². The number of aromatic nitrogens is 1. The lowest BCUT2D eigenvalue weighted by molar-refractivity contribution is -0.154. The molecule has 8 heteroatoms. The van der Waals surface area contributed by atoms with Gasteiger partial charge in [0, 0.05) is 18.8 Å². The van der Waals surface area contributed by atoms with Crippen molar-refractivity contribution in [2.24, 2.45) is 0 Å². The van der Waals surface area contributed by atoms with Crippen LogP contribution in [0.15, 0.2) is 42.6 Å². The molecule has 0 bridgehead atoms. The standard InChI is InChI=1S/C19H19F3N2O3/c1-26-15-7-4-13(5-8-15)16-3-2-10-24(16)18(25)14-6-9-17(23-11-14)27-12-19(20,21)22/h4-9,11,16H,2-3,10,12H2,1H3/t16-/m0/s1. The van der Waals surface area contributed by atoms with Gasteiger partial charge in [0.05, 0.1) is 18.7 Å². The minimum atomic E-state index is -4.43. The molecule has 1 amide bonds. The van der Waals surface area contributed by atoms with Crippen molar-refractivity contribution in [3.05, 3.63) is 53.7 Å². The van der Waals surface area contributed by atoms with Crippen LogP contribution in [0, 0.1) is 0 Å². The fraction of sp³-hybridized carbons (Fsp3) is 0.368. The van der Waals surface area contributed by atoms with Gasteiger partial charge in [-0.3, -0.25) is 4.79 Å². The first-order valence-corrected chi connectivity index (χ1v) is 8.48. The second-order valence-corrected chi connectivity index (χ2v) is 6.22. The van der Waals surface area contributed by atoms with Crippen molar-refractivity contribution >= 4 is 5.91 Å². The number of rotatable bonds is 5. The van der Waals surface area contributed by atoms with Crippen LogP contribution < -0.4 is 9.47 Å². The van der Waals surface area contributed by atoms with Crippen molar-refractivity contribution < 1.29 is 27.4 Å². The SMILES string of the molecule is COc1ccc([C@@H]2CCCN2C(=O)c2ccc(OCC(F)(F)F)nc2)cc1. The molecular weight excluding hydrogens is 361 g/mol. The highest BCUT2D eigenvalue weighted by molar-refractivity contribution is 5.94. The van der Waals surface area contributed by atoms with Crippen molar-refractivity contribution in [3.8, 4) is 11.6 Å². The van der Waals surface area contributed by atoms with E-state index in [1.54, 1.807) is 12.0 Å². The molecule has 3 rings (SSSR count). The van der Waals surface area contributed by atoms with Crippen molar-refractivity contribution in [1.82, 2.24) is 9.88 Å². The van der Waals surface area contributed by atoms with Crippen LogP contribution in [0.4, 0.5) is 13.2 Å². The maximum atomic E-state index is 12.8. The van der Waals surface area contributed by atoms with Crippen LogP contribution in [0.1, 0.15) is 34.8 Å². The highest BCUT2D eigenvalue weighted by atomic mass is 19.4. The Hall–Kier alpha value is -2.77. The summed E-state index contributed by atoms with van der Waals surface area (Å²) in [4.78, 5) is 18.4. The lowest BCUT2D eigenvalue weighted by Gasteiger charge is -2.25. The Kier molecular flexibility index (Phi) is 5.53. The first kappa shape index (κ1) is 19.0. The zero-order valence-corrected chi connectivity index (χ0v) is 14.7. The normalized spacial score (nSPS) is 17.0. The molecule has 2 aromatic rings. The number of halogens is 3. The summed E-state index contributed by atoms with van der Waals surface area (Å²) in [5.74, 6) is 0.369. The van der Waals surface area contributed by atoms with Gasteiger partial charge in [0.1, 0.15) is 5.75 Å². The van der Waals surface area contributed by atoms with Gasteiger partial charge in [0.2, 0.25) is 5.88 Å². The van der Waals surface area contributed by atoms with E-state index in [1.807, 2.05) is 24.3 Å². The Morgan fingerprint density at radius 3 is 2.56 bits per heavy atom. The Balaban J connectivity index is 1.70. The number of carbonyl (C=O) groups excluding carboxylic acids is 1. The van der Waals surface area contributed by atoms with E-state index in [2.05, 4.69) is 9.72 Å². The summed E-state index contributed by atoms with van der Waals surface area (Å²) in [5.41, 5.74) is 1.33. The fourth-order valence-electron chi connectivity index (χ4n) is 3.10. The smallest absolute Gasteiger partial charge is 0.422 e. The van der Waals surface area contributed by atoms with Gasteiger partial charge < -0.3 is 14.4 Å². The first-order valence-electron chi connectivity index (χ1n) is 8.48. The van der Waals surface area contributed by atoms with Gasteiger partial charge in [-0.15, -0.1) is 0 Å². The van der Waals surface area contributed by atoms with Crippen LogP contribution in [-0.2, 0) is 0 Å². The molecular formula is C19H19F3N2O3. The summed E-state index contributed by atoms with van der Waals surface area (Å²) in [6, 6.07) is 10.2. The van der Waals surface area contributed by atoms with Crippen LogP contribution in [0.25, 0.3) is 0 Å². The molecule has 5 nitrogen and oxygen atoms in total. The molecule has 0 unspecified atom stereocenters. The molecule has 27 heavy (non-hydrogen) atoms.